The van der Waals surface area contributed by atoms with Crippen molar-refractivity contribution in [3.8, 4) is 11.1 Å². The molecule has 0 spiro atoms. The van der Waals surface area contributed by atoms with Crippen LogP contribution in [0.1, 0.15) is 23.2 Å². The van der Waals surface area contributed by atoms with Gasteiger partial charge in [-0.05, 0) is 11.1 Å². The lowest BCUT2D eigenvalue weighted by molar-refractivity contribution is -0.143. The van der Waals surface area contributed by atoms with Gasteiger partial charge in [0.25, 0.3) is 0 Å². The molecule has 0 fully saturated rings. The van der Waals surface area contributed by atoms with E-state index in [4.69, 9.17) is 10.5 Å². The van der Waals surface area contributed by atoms with Crippen molar-refractivity contribution in [3.63, 3.8) is 0 Å². The summed E-state index contributed by atoms with van der Waals surface area (Å²) in [5.41, 5.74) is 8.00. The second-order valence-electron chi connectivity index (χ2n) is 4.88. The van der Waals surface area contributed by atoms with Crippen LogP contribution in [-0.4, -0.2) is 24.9 Å². The minimum absolute atomic E-state index is 0.0655. The molecular formula is C18H19NO3. The maximum Gasteiger partial charge on any atom is 0.306 e. The average molecular weight is 297 g/mol. The van der Waals surface area contributed by atoms with Gasteiger partial charge in [0.2, 0.25) is 0 Å². The first kappa shape index (κ1) is 15.9. The van der Waals surface area contributed by atoms with Crippen molar-refractivity contribution in [2.24, 2.45) is 5.73 Å². The first-order chi connectivity index (χ1) is 10.7. The van der Waals surface area contributed by atoms with E-state index in [1.54, 1.807) is 12.1 Å². The maximum absolute atomic E-state index is 12.0. The zero-order chi connectivity index (χ0) is 15.8. The third kappa shape index (κ3) is 4.53. The largest absolute Gasteiger partial charge is 0.464 e. The Kier molecular flexibility index (Phi) is 5.86. The van der Waals surface area contributed by atoms with Crippen LogP contribution < -0.4 is 5.73 Å². The van der Waals surface area contributed by atoms with Crippen molar-refractivity contribution in [1.29, 1.82) is 0 Å². The molecule has 2 aromatic rings. The number of nitrogens with two attached hydrogens (primary N) is 1. The molecule has 0 heterocycles. The fourth-order valence-electron chi connectivity index (χ4n) is 2.08. The number of carbonyl (C=O) groups is 2. The second kappa shape index (κ2) is 8.10. The van der Waals surface area contributed by atoms with E-state index in [1.807, 2.05) is 42.5 Å². The van der Waals surface area contributed by atoms with Crippen LogP contribution in [0.4, 0.5) is 0 Å². The Hall–Kier alpha value is -2.46. The van der Waals surface area contributed by atoms with E-state index in [0.29, 0.717) is 12.1 Å². The standard InChI is InChI=1S/C18H19NO3/c19-12-13-22-18(21)11-10-17(20)16-8-6-15(7-9-16)14-4-2-1-3-5-14/h1-9H,10-13,19H2. The molecule has 0 saturated heterocycles. The van der Waals surface area contributed by atoms with Crippen molar-refractivity contribution in [1.82, 2.24) is 0 Å². The number of carbonyl (C=O) groups excluding carboxylic acids is 2. The lowest BCUT2D eigenvalue weighted by atomic mass is 10.0. The molecule has 0 atom stereocenters. The minimum Gasteiger partial charge on any atom is -0.464 e. The molecule has 2 N–H and O–H groups in total. The molecule has 0 saturated carbocycles. The minimum atomic E-state index is -0.389. The van der Waals surface area contributed by atoms with Gasteiger partial charge < -0.3 is 10.5 Å². The van der Waals surface area contributed by atoms with Gasteiger partial charge in [0.1, 0.15) is 6.61 Å². The fraction of sp³-hybridized carbons (Fsp3) is 0.222. The Bertz CT molecular complexity index is 621. The van der Waals surface area contributed by atoms with Gasteiger partial charge in [0.15, 0.2) is 5.78 Å². The first-order valence-corrected chi connectivity index (χ1v) is 7.25. The SMILES string of the molecule is NCCOC(=O)CCC(=O)c1ccc(-c2ccccc2)cc1. The Balaban J connectivity index is 1.93. The van der Waals surface area contributed by atoms with Gasteiger partial charge in [-0.1, -0.05) is 54.6 Å². The highest BCUT2D eigenvalue weighted by molar-refractivity contribution is 5.97. The number of benzene rings is 2. The average Bonchev–Trinajstić information content (AvgIpc) is 2.58. The van der Waals surface area contributed by atoms with E-state index < -0.39 is 0 Å². The fourth-order valence-corrected chi connectivity index (χ4v) is 2.08. The number of Topliss-reactive ketones (excluding diaryl/α,β-unsaturated/α-hetero) is 1. The highest BCUT2D eigenvalue weighted by Gasteiger charge is 2.10. The third-order valence-corrected chi connectivity index (χ3v) is 3.25. The second-order valence-corrected chi connectivity index (χ2v) is 4.88. The van der Waals surface area contributed by atoms with E-state index in [2.05, 4.69) is 0 Å². The monoisotopic (exact) mass is 297 g/mol. The summed E-state index contributed by atoms with van der Waals surface area (Å²) in [6, 6.07) is 17.3. The molecular weight excluding hydrogens is 278 g/mol. The highest BCUT2D eigenvalue weighted by Crippen LogP contribution is 2.19. The molecule has 4 heteroatoms. The summed E-state index contributed by atoms with van der Waals surface area (Å²) in [4.78, 5) is 23.4. The molecule has 0 amide bonds. The third-order valence-electron chi connectivity index (χ3n) is 3.25. The quantitative estimate of drug-likeness (QED) is 0.630. The number of hydrogen-bond acceptors (Lipinski definition) is 4. The van der Waals surface area contributed by atoms with Crippen molar-refractivity contribution in [3.05, 3.63) is 60.2 Å². The predicted octanol–water partition coefficient (Wildman–Crippen LogP) is 2.82. The van der Waals surface area contributed by atoms with Crippen LogP contribution in [0, 0.1) is 0 Å². The van der Waals surface area contributed by atoms with E-state index in [-0.39, 0.29) is 31.2 Å². The van der Waals surface area contributed by atoms with Gasteiger partial charge in [-0.2, -0.15) is 0 Å². The molecule has 0 aromatic heterocycles. The zero-order valence-electron chi connectivity index (χ0n) is 12.3. The molecule has 0 aliphatic carbocycles. The van der Waals surface area contributed by atoms with Crippen LogP contribution in [0.3, 0.4) is 0 Å². The van der Waals surface area contributed by atoms with Crippen molar-refractivity contribution in [2.45, 2.75) is 12.8 Å². The molecule has 114 valence electrons. The summed E-state index contributed by atoms with van der Waals surface area (Å²) in [7, 11) is 0. The van der Waals surface area contributed by atoms with E-state index in [1.165, 1.54) is 0 Å². The van der Waals surface area contributed by atoms with E-state index in [9.17, 15) is 9.59 Å². The number of ketones is 1. The predicted molar refractivity (Wildman–Crippen MR) is 85.5 cm³/mol. The number of rotatable bonds is 7. The van der Waals surface area contributed by atoms with Gasteiger partial charge in [0.05, 0.1) is 6.42 Å². The molecule has 0 unspecified atom stereocenters. The Morgan fingerprint density at radius 2 is 1.50 bits per heavy atom. The Morgan fingerprint density at radius 3 is 2.14 bits per heavy atom. The van der Waals surface area contributed by atoms with Gasteiger partial charge >= 0.3 is 5.97 Å². The van der Waals surface area contributed by atoms with Crippen molar-refractivity contribution >= 4 is 11.8 Å². The molecule has 22 heavy (non-hydrogen) atoms. The van der Waals surface area contributed by atoms with Gasteiger partial charge in [-0.15, -0.1) is 0 Å². The van der Waals surface area contributed by atoms with E-state index >= 15 is 0 Å². The normalized spacial score (nSPS) is 10.2. The summed E-state index contributed by atoms with van der Waals surface area (Å²) in [6.45, 7) is 0.486. The lowest BCUT2D eigenvalue weighted by Crippen LogP contribution is -2.14. The molecule has 0 bridgehead atoms. The molecule has 0 aliphatic heterocycles. The molecule has 2 aromatic carbocycles. The summed E-state index contributed by atoms with van der Waals surface area (Å²) in [5, 5.41) is 0. The van der Waals surface area contributed by atoms with E-state index in [0.717, 1.165) is 11.1 Å². The van der Waals surface area contributed by atoms with Crippen LogP contribution in [0.2, 0.25) is 0 Å². The maximum atomic E-state index is 12.0. The molecule has 0 radical (unpaired) electrons. The van der Waals surface area contributed by atoms with Crippen LogP contribution >= 0.6 is 0 Å². The molecule has 0 aliphatic rings. The molecule has 2 rings (SSSR count). The lowest BCUT2D eigenvalue weighted by Gasteiger charge is -2.05. The van der Waals surface area contributed by atoms with Crippen LogP contribution in [-0.2, 0) is 9.53 Å². The van der Waals surface area contributed by atoms with Crippen LogP contribution in [0.5, 0.6) is 0 Å². The number of esters is 1. The summed E-state index contributed by atoms with van der Waals surface area (Å²) in [5.74, 6) is -0.455. The van der Waals surface area contributed by atoms with Gasteiger partial charge in [-0.3, -0.25) is 9.59 Å². The summed E-state index contributed by atoms with van der Waals surface area (Å²) < 4.78 is 4.84. The molecule has 4 nitrogen and oxygen atoms in total. The smallest absolute Gasteiger partial charge is 0.306 e. The van der Waals surface area contributed by atoms with Gasteiger partial charge in [0, 0.05) is 18.5 Å². The number of hydrogen-bond donors (Lipinski definition) is 1. The van der Waals surface area contributed by atoms with Crippen molar-refractivity contribution < 1.29 is 14.3 Å². The Morgan fingerprint density at radius 1 is 0.864 bits per heavy atom. The van der Waals surface area contributed by atoms with Crippen LogP contribution in [0.25, 0.3) is 11.1 Å². The van der Waals surface area contributed by atoms with Gasteiger partial charge in [-0.25, -0.2) is 0 Å². The van der Waals surface area contributed by atoms with Crippen LogP contribution in [0.15, 0.2) is 54.6 Å². The zero-order valence-corrected chi connectivity index (χ0v) is 12.3. The number of ether oxygens (including phenoxy) is 1. The first-order valence-electron chi connectivity index (χ1n) is 7.25. The highest BCUT2D eigenvalue weighted by atomic mass is 16.5. The Labute approximate surface area is 129 Å². The summed E-state index contributed by atoms with van der Waals surface area (Å²) >= 11 is 0. The van der Waals surface area contributed by atoms with Crippen molar-refractivity contribution in [2.75, 3.05) is 13.2 Å². The topological polar surface area (TPSA) is 69.4 Å². The summed E-state index contributed by atoms with van der Waals surface area (Å²) in [6.07, 6.45) is 0.230.